The van der Waals surface area contributed by atoms with E-state index in [1.807, 2.05) is 6.07 Å². The van der Waals surface area contributed by atoms with E-state index in [2.05, 4.69) is 24.3 Å². The molecule has 1 saturated carbocycles. The van der Waals surface area contributed by atoms with E-state index in [9.17, 15) is 0 Å². The third kappa shape index (κ3) is 1.36. The van der Waals surface area contributed by atoms with E-state index in [0.717, 1.165) is 12.3 Å². The predicted molar refractivity (Wildman–Crippen MR) is 56.0 cm³/mol. The van der Waals surface area contributed by atoms with Gasteiger partial charge in [0.1, 0.15) is 0 Å². The number of rotatable bonds is 3. The molecule has 70 valence electrons. The maximum Gasteiger partial charge on any atom is 0.0261 e. The second-order valence-electron chi connectivity index (χ2n) is 3.78. The lowest BCUT2D eigenvalue weighted by Gasteiger charge is -2.14. The zero-order chi connectivity index (χ0) is 9.31. The van der Waals surface area contributed by atoms with Gasteiger partial charge in [0.25, 0.3) is 0 Å². The maximum atomic E-state index is 5.86. The first kappa shape index (κ1) is 9.04. The molecule has 1 aliphatic carbocycles. The van der Waals surface area contributed by atoms with Crippen molar-refractivity contribution in [3.05, 3.63) is 35.9 Å². The molecule has 0 unspecified atom stereocenters. The average Bonchev–Trinajstić information content (AvgIpc) is 2.94. The molecular formula is C11H14ClN. The van der Waals surface area contributed by atoms with Gasteiger partial charge in [0.15, 0.2) is 0 Å². The van der Waals surface area contributed by atoms with Crippen LogP contribution in [0.1, 0.15) is 12.0 Å². The number of nitrogens with two attached hydrogens (primary N) is 1. The maximum absolute atomic E-state index is 5.86. The molecule has 0 aromatic heterocycles. The molecule has 1 nitrogen and oxygen atoms in total. The van der Waals surface area contributed by atoms with E-state index < -0.39 is 0 Å². The summed E-state index contributed by atoms with van der Waals surface area (Å²) in [4.78, 5) is 0. The summed E-state index contributed by atoms with van der Waals surface area (Å²) >= 11 is 5.86. The predicted octanol–water partition coefficient (Wildman–Crippen LogP) is 2.14. The van der Waals surface area contributed by atoms with Crippen LogP contribution >= 0.6 is 11.6 Å². The first-order chi connectivity index (χ1) is 6.33. The van der Waals surface area contributed by atoms with Crippen molar-refractivity contribution >= 4 is 11.6 Å². The van der Waals surface area contributed by atoms with Crippen LogP contribution in [0.3, 0.4) is 0 Å². The van der Waals surface area contributed by atoms with Gasteiger partial charge in [-0.05, 0) is 17.9 Å². The van der Waals surface area contributed by atoms with Crippen LogP contribution in [0.25, 0.3) is 0 Å². The van der Waals surface area contributed by atoms with E-state index >= 15 is 0 Å². The molecule has 0 amide bonds. The van der Waals surface area contributed by atoms with Crippen LogP contribution in [-0.4, -0.2) is 12.4 Å². The molecular weight excluding hydrogens is 182 g/mol. The standard InChI is InChI=1S/C11H14ClN/c12-7-10-6-11(10,8-13)9-4-2-1-3-5-9/h1-5,10H,6-8,13H2/t10-,11+/m0/s1. The van der Waals surface area contributed by atoms with Crippen molar-refractivity contribution in [3.63, 3.8) is 0 Å². The van der Waals surface area contributed by atoms with E-state index in [1.165, 1.54) is 5.56 Å². The monoisotopic (exact) mass is 195 g/mol. The van der Waals surface area contributed by atoms with Gasteiger partial charge >= 0.3 is 0 Å². The highest BCUT2D eigenvalue weighted by atomic mass is 35.5. The van der Waals surface area contributed by atoms with Gasteiger partial charge in [-0.3, -0.25) is 0 Å². The van der Waals surface area contributed by atoms with Crippen molar-refractivity contribution in [1.82, 2.24) is 0 Å². The van der Waals surface area contributed by atoms with E-state index in [0.29, 0.717) is 12.5 Å². The summed E-state index contributed by atoms with van der Waals surface area (Å²) in [5, 5.41) is 0. The summed E-state index contributed by atoms with van der Waals surface area (Å²) in [6.45, 7) is 0.717. The van der Waals surface area contributed by atoms with Gasteiger partial charge in [-0.25, -0.2) is 0 Å². The lowest BCUT2D eigenvalue weighted by atomic mass is 9.94. The smallest absolute Gasteiger partial charge is 0.0261 e. The van der Waals surface area contributed by atoms with Crippen LogP contribution in [0.5, 0.6) is 0 Å². The van der Waals surface area contributed by atoms with Crippen molar-refractivity contribution in [3.8, 4) is 0 Å². The minimum Gasteiger partial charge on any atom is -0.330 e. The number of hydrogen-bond donors (Lipinski definition) is 1. The SMILES string of the molecule is NC[C@@]1(c2ccccc2)C[C@H]1CCl. The summed E-state index contributed by atoms with van der Waals surface area (Å²) in [7, 11) is 0. The molecule has 0 spiro atoms. The average molecular weight is 196 g/mol. The molecule has 2 heteroatoms. The highest BCUT2D eigenvalue weighted by molar-refractivity contribution is 6.18. The van der Waals surface area contributed by atoms with Crippen molar-refractivity contribution in [2.24, 2.45) is 11.7 Å². The van der Waals surface area contributed by atoms with Crippen LogP contribution in [0.15, 0.2) is 30.3 Å². The van der Waals surface area contributed by atoms with E-state index in [4.69, 9.17) is 17.3 Å². The first-order valence-corrected chi connectivity index (χ1v) is 5.18. The molecule has 1 aromatic rings. The number of alkyl halides is 1. The quantitative estimate of drug-likeness (QED) is 0.735. The molecule has 2 N–H and O–H groups in total. The van der Waals surface area contributed by atoms with Crippen LogP contribution in [0.2, 0.25) is 0 Å². The second kappa shape index (κ2) is 3.32. The summed E-state index contributed by atoms with van der Waals surface area (Å²) in [5.74, 6) is 1.31. The fourth-order valence-corrected chi connectivity index (χ4v) is 2.48. The topological polar surface area (TPSA) is 26.0 Å². The molecule has 2 atom stereocenters. The molecule has 1 fully saturated rings. The zero-order valence-electron chi connectivity index (χ0n) is 7.54. The lowest BCUT2D eigenvalue weighted by Crippen LogP contribution is -2.22. The summed E-state index contributed by atoms with van der Waals surface area (Å²) in [6.07, 6.45) is 1.15. The summed E-state index contributed by atoms with van der Waals surface area (Å²) in [6, 6.07) is 10.5. The highest BCUT2D eigenvalue weighted by Gasteiger charge is 2.53. The van der Waals surface area contributed by atoms with E-state index in [-0.39, 0.29) is 5.41 Å². The molecule has 2 rings (SSSR count). The van der Waals surface area contributed by atoms with Crippen molar-refractivity contribution < 1.29 is 0 Å². The first-order valence-electron chi connectivity index (χ1n) is 4.65. The minimum absolute atomic E-state index is 0.197. The van der Waals surface area contributed by atoms with Gasteiger partial charge < -0.3 is 5.73 Å². The molecule has 1 aromatic carbocycles. The molecule has 1 aliphatic rings. The highest BCUT2D eigenvalue weighted by Crippen LogP contribution is 2.53. The van der Waals surface area contributed by atoms with Gasteiger partial charge in [0, 0.05) is 17.8 Å². The number of hydrogen-bond acceptors (Lipinski definition) is 1. The van der Waals surface area contributed by atoms with Gasteiger partial charge in [0.2, 0.25) is 0 Å². The van der Waals surface area contributed by atoms with Crippen molar-refractivity contribution in [2.75, 3.05) is 12.4 Å². The Labute approximate surface area is 83.9 Å². The van der Waals surface area contributed by atoms with Gasteiger partial charge in [-0.2, -0.15) is 0 Å². The molecule has 0 heterocycles. The molecule has 0 radical (unpaired) electrons. The Bertz CT molecular complexity index is 285. The number of halogens is 1. The Kier molecular flexibility index (Phi) is 2.31. The Morgan fingerprint density at radius 2 is 2.08 bits per heavy atom. The fraction of sp³-hybridized carbons (Fsp3) is 0.455. The Morgan fingerprint density at radius 1 is 1.38 bits per heavy atom. The van der Waals surface area contributed by atoms with Crippen LogP contribution < -0.4 is 5.73 Å². The van der Waals surface area contributed by atoms with Gasteiger partial charge in [-0.15, -0.1) is 11.6 Å². The van der Waals surface area contributed by atoms with E-state index in [1.54, 1.807) is 0 Å². The number of benzene rings is 1. The minimum atomic E-state index is 0.197. The zero-order valence-corrected chi connectivity index (χ0v) is 8.30. The van der Waals surface area contributed by atoms with Crippen LogP contribution in [-0.2, 0) is 5.41 Å². The second-order valence-corrected chi connectivity index (χ2v) is 4.09. The summed E-state index contributed by atoms with van der Waals surface area (Å²) in [5.41, 5.74) is 7.36. The molecule has 0 bridgehead atoms. The van der Waals surface area contributed by atoms with Gasteiger partial charge in [0.05, 0.1) is 0 Å². The third-order valence-electron chi connectivity index (χ3n) is 3.13. The third-order valence-corrected chi connectivity index (χ3v) is 3.50. The van der Waals surface area contributed by atoms with Crippen LogP contribution in [0, 0.1) is 5.92 Å². The fourth-order valence-electron chi connectivity index (χ4n) is 2.07. The Hall–Kier alpha value is -0.530. The summed E-state index contributed by atoms with van der Waals surface area (Å²) < 4.78 is 0. The molecule has 0 saturated heterocycles. The Balaban J connectivity index is 2.25. The largest absolute Gasteiger partial charge is 0.330 e. The normalized spacial score (nSPS) is 31.7. The Morgan fingerprint density at radius 3 is 2.54 bits per heavy atom. The van der Waals surface area contributed by atoms with Crippen LogP contribution in [0.4, 0.5) is 0 Å². The van der Waals surface area contributed by atoms with Crippen molar-refractivity contribution in [1.29, 1.82) is 0 Å². The van der Waals surface area contributed by atoms with Gasteiger partial charge in [-0.1, -0.05) is 30.3 Å². The lowest BCUT2D eigenvalue weighted by molar-refractivity contribution is 0.644. The van der Waals surface area contributed by atoms with Crippen molar-refractivity contribution in [2.45, 2.75) is 11.8 Å². The molecule has 13 heavy (non-hydrogen) atoms. The molecule has 0 aliphatic heterocycles.